The number of aromatic nitrogens is 2. The molecule has 0 aliphatic heterocycles. The third-order valence-corrected chi connectivity index (χ3v) is 3.48. The van der Waals surface area contributed by atoms with Gasteiger partial charge in [0.1, 0.15) is 5.82 Å². The molecule has 0 N–H and O–H groups in total. The molecule has 0 bridgehead atoms. The van der Waals surface area contributed by atoms with E-state index in [0.717, 1.165) is 16.8 Å². The normalized spacial score (nSPS) is 10.6. The summed E-state index contributed by atoms with van der Waals surface area (Å²) >= 11 is 0. The van der Waals surface area contributed by atoms with Crippen LogP contribution in [0.1, 0.15) is 37.9 Å². The second-order valence-corrected chi connectivity index (χ2v) is 5.27. The third kappa shape index (κ3) is 2.90. The van der Waals surface area contributed by atoms with E-state index in [-0.39, 0.29) is 18.0 Å². The van der Waals surface area contributed by atoms with Crippen LogP contribution in [0, 0.1) is 12.3 Å². The van der Waals surface area contributed by atoms with Crippen LogP contribution in [0.5, 0.6) is 0 Å². The second-order valence-electron chi connectivity index (χ2n) is 5.27. The van der Waals surface area contributed by atoms with Crippen molar-refractivity contribution in [3.63, 3.8) is 0 Å². The highest BCUT2D eigenvalue weighted by Crippen LogP contribution is 2.21. The van der Waals surface area contributed by atoms with Crippen LogP contribution in [-0.4, -0.2) is 9.55 Å². The van der Waals surface area contributed by atoms with Gasteiger partial charge < -0.3 is 0 Å². The summed E-state index contributed by atoms with van der Waals surface area (Å²) in [5.41, 5.74) is 2.52. The predicted octanol–water partition coefficient (Wildman–Crippen LogP) is 3.23. The van der Waals surface area contributed by atoms with Gasteiger partial charge in [-0.1, -0.05) is 57.0 Å². The minimum Gasteiger partial charge on any atom is -0.281 e. The largest absolute Gasteiger partial charge is 0.281 e. The van der Waals surface area contributed by atoms with Crippen molar-refractivity contribution in [2.45, 2.75) is 39.7 Å². The zero-order chi connectivity index (χ0) is 15.4. The van der Waals surface area contributed by atoms with E-state index in [1.165, 1.54) is 0 Å². The summed E-state index contributed by atoms with van der Waals surface area (Å²) in [7, 11) is 0. The van der Waals surface area contributed by atoms with E-state index in [1.807, 2.05) is 37.3 Å². The molecule has 0 saturated carbocycles. The summed E-state index contributed by atoms with van der Waals surface area (Å²) in [5.74, 6) is 3.41. The van der Waals surface area contributed by atoms with Crippen molar-refractivity contribution in [1.29, 1.82) is 0 Å². The van der Waals surface area contributed by atoms with Crippen LogP contribution in [0.4, 0.5) is 0 Å². The van der Waals surface area contributed by atoms with Crippen molar-refractivity contribution in [1.82, 2.24) is 9.55 Å². The molecule has 0 spiro atoms. The fourth-order valence-electron chi connectivity index (χ4n) is 2.47. The highest BCUT2D eigenvalue weighted by molar-refractivity contribution is 5.56. The Labute approximate surface area is 125 Å². The van der Waals surface area contributed by atoms with Gasteiger partial charge >= 0.3 is 0 Å². The first-order valence-electron chi connectivity index (χ1n) is 7.22. The Bertz CT molecular complexity index is 721. The molecule has 0 unspecified atom stereocenters. The molecule has 2 aromatic rings. The van der Waals surface area contributed by atoms with Crippen LogP contribution >= 0.6 is 0 Å². The molecule has 3 nitrogen and oxygen atoms in total. The Morgan fingerprint density at radius 1 is 1.29 bits per heavy atom. The molecular formula is C18H20N2O. The quantitative estimate of drug-likeness (QED) is 0.806. The molecular weight excluding hydrogens is 260 g/mol. The standard InChI is InChI=1S/C18H20N2O/c1-5-12-20-17(14-10-8-7-9-11-14)19-16(13(3)4)15(6-2)18(20)21/h1,7-11,13H,6,12H2,2-4H3. The Morgan fingerprint density at radius 2 is 1.95 bits per heavy atom. The minimum atomic E-state index is -0.0204. The van der Waals surface area contributed by atoms with Gasteiger partial charge in [0.2, 0.25) is 0 Å². The van der Waals surface area contributed by atoms with Crippen LogP contribution in [-0.2, 0) is 13.0 Å². The lowest BCUT2D eigenvalue weighted by Crippen LogP contribution is -2.28. The van der Waals surface area contributed by atoms with Gasteiger partial charge in [-0.05, 0) is 12.3 Å². The second kappa shape index (κ2) is 6.41. The predicted molar refractivity (Wildman–Crippen MR) is 86.2 cm³/mol. The lowest BCUT2D eigenvalue weighted by atomic mass is 10.0. The average molecular weight is 280 g/mol. The summed E-state index contributed by atoms with van der Waals surface area (Å²) < 4.78 is 1.60. The highest BCUT2D eigenvalue weighted by Gasteiger charge is 2.17. The minimum absolute atomic E-state index is 0.0204. The summed E-state index contributed by atoms with van der Waals surface area (Å²) in [6.45, 7) is 6.33. The van der Waals surface area contributed by atoms with Gasteiger partial charge in [0.25, 0.3) is 5.56 Å². The molecule has 1 heterocycles. The van der Waals surface area contributed by atoms with Crippen molar-refractivity contribution in [3.05, 3.63) is 51.9 Å². The van der Waals surface area contributed by atoms with Gasteiger partial charge in [0, 0.05) is 11.1 Å². The Balaban J connectivity index is 2.80. The van der Waals surface area contributed by atoms with Crippen LogP contribution in [0.2, 0.25) is 0 Å². The molecule has 0 atom stereocenters. The van der Waals surface area contributed by atoms with Crippen molar-refractivity contribution < 1.29 is 0 Å². The number of benzene rings is 1. The van der Waals surface area contributed by atoms with E-state index in [2.05, 4.69) is 19.8 Å². The van der Waals surface area contributed by atoms with Crippen LogP contribution < -0.4 is 5.56 Å². The Hall–Kier alpha value is -2.34. The fraction of sp³-hybridized carbons (Fsp3) is 0.333. The van der Waals surface area contributed by atoms with Gasteiger partial charge in [-0.3, -0.25) is 9.36 Å². The molecule has 0 saturated heterocycles. The lowest BCUT2D eigenvalue weighted by molar-refractivity contribution is 0.712. The van der Waals surface area contributed by atoms with Crippen molar-refractivity contribution in [2.24, 2.45) is 0 Å². The summed E-state index contributed by atoms with van der Waals surface area (Å²) in [4.78, 5) is 17.5. The van der Waals surface area contributed by atoms with Gasteiger partial charge in [-0.25, -0.2) is 4.98 Å². The van der Waals surface area contributed by atoms with Gasteiger partial charge in [0.05, 0.1) is 12.2 Å². The topological polar surface area (TPSA) is 34.9 Å². The van der Waals surface area contributed by atoms with E-state index in [9.17, 15) is 4.79 Å². The summed E-state index contributed by atoms with van der Waals surface area (Å²) in [6.07, 6.45) is 6.09. The van der Waals surface area contributed by atoms with Crippen molar-refractivity contribution >= 4 is 0 Å². The Morgan fingerprint density at radius 3 is 2.48 bits per heavy atom. The summed E-state index contributed by atoms with van der Waals surface area (Å²) in [6, 6.07) is 9.71. The average Bonchev–Trinajstić information content (AvgIpc) is 2.49. The first-order chi connectivity index (χ1) is 10.1. The van der Waals surface area contributed by atoms with Gasteiger partial charge in [0.15, 0.2) is 0 Å². The highest BCUT2D eigenvalue weighted by atomic mass is 16.1. The SMILES string of the molecule is C#CCn1c(-c2ccccc2)nc(C(C)C)c(CC)c1=O. The zero-order valence-electron chi connectivity index (χ0n) is 12.8. The maximum Gasteiger partial charge on any atom is 0.258 e. The molecule has 0 radical (unpaired) electrons. The van der Waals surface area contributed by atoms with E-state index in [0.29, 0.717) is 12.2 Å². The van der Waals surface area contributed by atoms with Crippen molar-refractivity contribution in [3.8, 4) is 23.7 Å². The van der Waals surface area contributed by atoms with Crippen LogP contribution in [0.25, 0.3) is 11.4 Å². The fourth-order valence-corrected chi connectivity index (χ4v) is 2.47. The molecule has 0 aliphatic rings. The van der Waals surface area contributed by atoms with Crippen molar-refractivity contribution in [2.75, 3.05) is 0 Å². The van der Waals surface area contributed by atoms with E-state index >= 15 is 0 Å². The molecule has 1 aromatic carbocycles. The number of nitrogens with zero attached hydrogens (tertiary/aromatic N) is 2. The first kappa shape index (κ1) is 15.1. The number of hydrogen-bond acceptors (Lipinski definition) is 2. The van der Waals surface area contributed by atoms with E-state index < -0.39 is 0 Å². The van der Waals surface area contributed by atoms with Crippen LogP contribution in [0.15, 0.2) is 35.1 Å². The summed E-state index contributed by atoms with van der Waals surface area (Å²) in [5, 5.41) is 0. The number of terminal acetylenes is 1. The molecule has 3 heteroatoms. The molecule has 0 fully saturated rings. The molecule has 108 valence electrons. The molecule has 0 amide bonds. The smallest absolute Gasteiger partial charge is 0.258 e. The van der Waals surface area contributed by atoms with E-state index in [4.69, 9.17) is 11.4 Å². The first-order valence-corrected chi connectivity index (χ1v) is 7.22. The maximum absolute atomic E-state index is 12.7. The third-order valence-electron chi connectivity index (χ3n) is 3.48. The van der Waals surface area contributed by atoms with Gasteiger partial charge in [-0.15, -0.1) is 6.42 Å². The zero-order valence-corrected chi connectivity index (χ0v) is 12.8. The molecule has 21 heavy (non-hydrogen) atoms. The monoisotopic (exact) mass is 280 g/mol. The van der Waals surface area contributed by atoms with Gasteiger partial charge in [-0.2, -0.15) is 0 Å². The molecule has 0 aliphatic carbocycles. The Kier molecular flexibility index (Phi) is 4.59. The lowest BCUT2D eigenvalue weighted by Gasteiger charge is -2.17. The number of hydrogen-bond donors (Lipinski definition) is 0. The molecule has 1 aromatic heterocycles. The number of rotatable bonds is 4. The van der Waals surface area contributed by atoms with E-state index in [1.54, 1.807) is 4.57 Å². The maximum atomic E-state index is 12.7. The van der Waals surface area contributed by atoms with Crippen LogP contribution in [0.3, 0.4) is 0 Å². The molecule has 2 rings (SSSR count).